The lowest BCUT2D eigenvalue weighted by atomic mass is 10.3. The summed E-state index contributed by atoms with van der Waals surface area (Å²) in [5.74, 6) is 0.339. The zero-order chi connectivity index (χ0) is 18.0. The number of rotatable bonds is 4. The van der Waals surface area contributed by atoms with Crippen LogP contribution in [0.3, 0.4) is 0 Å². The number of hydrogen-bond acceptors (Lipinski definition) is 6. The fourth-order valence-electron chi connectivity index (χ4n) is 3.03. The van der Waals surface area contributed by atoms with Gasteiger partial charge >= 0.3 is 0 Å². The van der Waals surface area contributed by atoms with Crippen LogP contribution in [0.5, 0.6) is 0 Å². The summed E-state index contributed by atoms with van der Waals surface area (Å²) in [4.78, 5) is 15.4. The number of carbonyl (C=O) groups is 1. The van der Waals surface area contributed by atoms with Crippen molar-refractivity contribution in [3.05, 3.63) is 33.8 Å². The van der Waals surface area contributed by atoms with Gasteiger partial charge in [-0.05, 0) is 31.7 Å². The first kappa shape index (κ1) is 18.1. The number of aromatic nitrogens is 1. The van der Waals surface area contributed by atoms with E-state index < -0.39 is 10.0 Å². The van der Waals surface area contributed by atoms with E-state index in [4.69, 9.17) is 4.52 Å². The molecule has 7 nitrogen and oxygen atoms in total. The van der Waals surface area contributed by atoms with Crippen molar-refractivity contribution in [2.24, 2.45) is 0 Å². The van der Waals surface area contributed by atoms with Crippen molar-refractivity contribution in [2.75, 3.05) is 26.2 Å². The third-order valence-electron chi connectivity index (χ3n) is 4.28. The van der Waals surface area contributed by atoms with E-state index in [1.54, 1.807) is 30.1 Å². The Balaban J connectivity index is 1.70. The number of sulfonamides is 1. The minimum Gasteiger partial charge on any atom is -0.360 e. The molecule has 0 radical (unpaired) electrons. The van der Waals surface area contributed by atoms with Gasteiger partial charge in [-0.15, -0.1) is 11.3 Å². The Labute approximate surface area is 151 Å². The average molecular weight is 383 g/mol. The number of aryl methyl sites for hydroxylation is 2. The fourth-order valence-corrected chi connectivity index (χ4v) is 5.49. The topological polar surface area (TPSA) is 83.7 Å². The molecule has 2 aromatic rings. The van der Waals surface area contributed by atoms with E-state index in [0.29, 0.717) is 43.9 Å². The number of thiophene rings is 1. The Morgan fingerprint density at radius 1 is 1.28 bits per heavy atom. The molecule has 0 N–H and O–H groups in total. The van der Waals surface area contributed by atoms with Crippen LogP contribution < -0.4 is 0 Å². The largest absolute Gasteiger partial charge is 0.360 e. The van der Waals surface area contributed by atoms with Crippen molar-refractivity contribution < 1.29 is 17.7 Å². The molecule has 0 saturated carbocycles. The molecule has 1 amide bonds. The number of amides is 1. The summed E-state index contributed by atoms with van der Waals surface area (Å²) in [5.41, 5.74) is 0.368. The molecule has 3 rings (SSSR count). The smallest absolute Gasteiger partial charge is 0.248 e. The van der Waals surface area contributed by atoms with Gasteiger partial charge in [-0.1, -0.05) is 11.2 Å². The molecule has 2 aromatic heterocycles. The summed E-state index contributed by atoms with van der Waals surface area (Å²) in [7, 11) is -3.66. The average Bonchev–Trinajstić information content (AvgIpc) is 3.09. The van der Waals surface area contributed by atoms with Gasteiger partial charge in [0, 0.05) is 31.1 Å². The summed E-state index contributed by atoms with van der Waals surface area (Å²) in [6.07, 6.45) is 0.979. The van der Waals surface area contributed by atoms with E-state index in [0.717, 1.165) is 4.88 Å². The van der Waals surface area contributed by atoms with Gasteiger partial charge in [0.2, 0.25) is 15.9 Å². The van der Waals surface area contributed by atoms with Gasteiger partial charge in [-0.2, -0.15) is 4.31 Å². The lowest BCUT2D eigenvalue weighted by Gasteiger charge is -2.21. The molecule has 0 bridgehead atoms. The third-order valence-corrected chi connectivity index (χ3v) is 7.30. The van der Waals surface area contributed by atoms with Crippen LogP contribution in [-0.4, -0.2) is 54.9 Å². The first-order valence-corrected chi connectivity index (χ1v) is 10.4. The van der Waals surface area contributed by atoms with Crippen molar-refractivity contribution in [3.63, 3.8) is 0 Å². The van der Waals surface area contributed by atoms with E-state index >= 15 is 0 Å². The Hall–Kier alpha value is -1.71. The van der Waals surface area contributed by atoms with Crippen LogP contribution in [0.25, 0.3) is 0 Å². The molecule has 1 saturated heterocycles. The Kier molecular flexibility index (Phi) is 5.26. The van der Waals surface area contributed by atoms with Crippen LogP contribution in [0.1, 0.15) is 22.8 Å². The number of hydrogen-bond donors (Lipinski definition) is 0. The molecule has 0 aromatic carbocycles. The first-order chi connectivity index (χ1) is 11.9. The summed E-state index contributed by atoms with van der Waals surface area (Å²) < 4.78 is 32.2. The van der Waals surface area contributed by atoms with Gasteiger partial charge in [0.25, 0.3) is 0 Å². The maximum absolute atomic E-state index is 12.9. The highest BCUT2D eigenvalue weighted by Crippen LogP contribution is 2.24. The molecule has 25 heavy (non-hydrogen) atoms. The minimum atomic E-state index is -3.66. The van der Waals surface area contributed by atoms with E-state index in [2.05, 4.69) is 5.16 Å². The highest BCUT2D eigenvalue weighted by Gasteiger charge is 2.32. The van der Waals surface area contributed by atoms with E-state index in [1.165, 1.54) is 4.31 Å². The second kappa shape index (κ2) is 7.27. The van der Waals surface area contributed by atoms with Crippen LogP contribution in [0.4, 0.5) is 0 Å². The van der Waals surface area contributed by atoms with Gasteiger partial charge < -0.3 is 9.42 Å². The second-order valence-electron chi connectivity index (χ2n) is 6.05. The van der Waals surface area contributed by atoms with Gasteiger partial charge in [-0.3, -0.25) is 4.79 Å². The van der Waals surface area contributed by atoms with Crippen molar-refractivity contribution in [2.45, 2.75) is 31.6 Å². The van der Waals surface area contributed by atoms with E-state index in [9.17, 15) is 13.2 Å². The highest BCUT2D eigenvalue weighted by molar-refractivity contribution is 7.89. The van der Waals surface area contributed by atoms with Gasteiger partial charge in [0.1, 0.15) is 10.6 Å². The van der Waals surface area contributed by atoms with Crippen LogP contribution in [0.15, 0.2) is 26.9 Å². The van der Waals surface area contributed by atoms with Gasteiger partial charge in [-0.25, -0.2) is 8.42 Å². The van der Waals surface area contributed by atoms with Crippen LogP contribution in [-0.2, 0) is 21.2 Å². The van der Waals surface area contributed by atoms with Crippen LogP contribution >= 0.6 is 11.3 Å². The fraction of sp³-hybridized carbons (Fsp3) is 0.500. The lowest BCUT2D eigenvalue weighted by molar-refractivity contribution is -0.130. The first-order valence-electron chi connectivity index (χ1n) is 8.13. The summed E-state index contributed by atoms with van der Waals surface area (Å²) in [5, 5.41) is 5.69. The van der Waals surface area contributed by atoms with Crippen LogP contribution in [0.2, 0.25) is 0 Å². The zero-order valence-electron chi connectivity index (χ0n) is 14.3. The van der Waals surface area contributed by atoms with Crippen molar-refractivity contribution in [1.29, 1.82) is 0 Å². The summed E-state index contributed by atoms with van der Waals surface area (Å²) >= 11 is 1.56. The summed E-state index contributed by atoms with van der Waals surface area (Å²) in [6, 6.07) is 3.86. The normalized spacial score (nSPS) is 16.8. The maximum atomic E-state index is 12.9. The Morgan fingerprint density at radius 2 is 2.08 bits per heavy atom. The highest BCUT2D eigenvalue weighted by atomic mass is 32.2. The molecule has 0 atom stereocenters. The van der Waals surface area contributed by atoms with Crippen molar-refractivity contribution >= 4 is 27.3 Å². The molecule has 1 fully saturated rings. The maximum Gasteiger partial charge on any atom is 0.248 e. The minimum absolute atomic E-state index is 0.0408. The second-order valence-corrected chi connectivity index (χ2v) is 8.95. The molecule has 9 heteroatoms. The third kappa shape index (κ3) is 3.78. The van der Waals surface area contributed by atoms with Crippen molar-refractivity contribution in [3.8, 4) is 0 Å². The molecule has 136 valence electrons. The SMILES string of the molecule is Cc1noc(C)c1S(=O)(=O)N1CCCN(C(=O)Cc2cccs2)CC1. The molecular formula is C16H21N3O4S2. The molecule has 0 aliphatic carbocycles. The number of carbonyl (C=O) groups excluding carboxylic acids is 1. The number of nitrogens with zero attached hydrogens (tertiary/aromatic N) is 3. The monoisotopic (exact) mass is 383 g/mol. The van der Waals surface area contributed by atoms with E-state index in [1.807, 2.05) is 17.5 Å². The quantitative estimate of drug-likeness (QED) is 0.804. The predicted octanol–water partition coefficient (Wildman–Crippen LogP) is 1.82. The summed E-state index contributed by atoms with van der Waals surface area (Å²) in [6.45, 7) is 4.85. The van der Waals surface area contributed by atoms with Crippen LogP contribution in [0, 0.1) is 13.8 Å². The molecule has 3 heterocycles. The van der Waals surface area contributed by atoms with Gasteiger partial charge in [0.05, 0.1) is 6.42 Å². The van der Waals surface area contributed by atoms with Crippen molar-refractivity contribution in [1.82, 2.24) is 14.4 Å². The molecular weight excluding hydrogens is 362 g/mol. The predicted molar refractivity (Wildman–Crippen MR) is 94.0 cm³/mol. The molecule has 0 unspecified atom stereocenters. The molecule has 1 aliphatic heterocycles. The lowest BCUT2D eigenvalue weighted by Crippen LogP contribution is -2.38. The van der Waals surface area contributed by atoms with Gasteiger partial charge in [0.15, 0.2) is 5.76 Å². The molecule has 1 aliphatic rings. The zero-order valence-corrected chi connectivity index (χ0v) is 15.9. The molecule has 0 spiro atoms. The Morgan fingerprint density at radius 3 is 2.72 bits per heavy atom. The van der Waals surface area contributed by atoms with E-state index in [-0.39, 0.29) is 17.3 Å². The Bertz CT molecular complexity index is 823. The standard InChI is InChI=1S/C16H21N3O4S2/c1-12-16(13(2)23-17-12)25(21,22)19-7-4-6-18(8-9-19)15(20)11-14-5-3-10-24-14/h3,5,10H,4,6-9,11H2,1-2H3.